The Labute approximate surface area is 128 Å². The maximum Gasteiger partial charge on any atom is 0.123 e. The molecule has 4 nitrogen and oxygen atoms in total. The molecule has 0 saturated carbocycles. The quantitative estimate of drug-likeness (QED) is 0.582. The van der Waals surface area contributed by atoms with Gasteiger partial charge in [-0.1, -0.05) is 24.1 Å². The maximum absolute atomic E-state index is 8.74. The lowest BCUT2D eigenvalue weighted by Crippen LogP contribution is -2.19. The van der Waals surface area contributed by atoms with Gasteiger partial charge in [0.05, 0.1) is 13.2 Å². The van der Waals surface area contributed by atoms with Gasteiger partial charge in [0.2, 0.25) is 0 Å². The molecule has 1 rings (SSSR count). The third kappa shape index (κ3) is 8.05. The van der Waals surface area contributed by atoms with Gasteiger partial charge in [0.15, 0.2) is 0 Å². The highest BCUT2D eigenvalue weighted by Gasteiger charge is 2.04. The normalized spacial score (nSPS) is 10.8. The number of unbranched alkanes of at least 4 members (excludes halogenated alkanes) is 3. The summed E-state index contributed by atoms with van der Waals surface area (Å²) in [5, 5.41) is 12.1. The van der Waals surface area contributed by atoms with Crippen LogP contribution in [0, 0.1) is 6.92 Å². The third-order valence-electron chi connectivity index (χ3n) is 3.32. The van der Waals surface area contributed by atoms with Crippen molar-refractivity contribution in [2.45, 2.75) is 39.2 Å². The number of rotatable bonds is 12. The van der Waals surface area contributed by atoms with E-state index in [0.717, 1.165) is 51.1 Å². The predicted molar refractivity (Wildman–Crippen MR) is 85.8 cm³/mol. The highest BCUT2D eigenvalue weighted by atomic mass is 16.5. The summed E-state index contributed by atoms with van der Waals surface area (Å²) in [6, 6.07) is 6.30. The molecule has 0 amide bonds. The Morgan fingerprint density at radius 2 is 1.90 bits per heavy atom. The molecule has 1 aromatic carbocycles. The second-order valence-electron chi connectivity index (χ2n) is 5.27. The van der Waals surface area contributed by atoms with Gasteiger partial charge in [0.25, 0.3) is 0 Å². The zero-order chi connectivity index (χ0) is 15.3. The average molecular weight is 295 g/mol. The monoisotopic (exact) mass is 295 g/mol. The van der Waals surface area contributed by atoms with Gasteiger partial charge < -0.3 is 19.9 Å². The van der Waals surface area contributed by atoms with Crippen LogP contribution in [0.2, 0.25) is 0 Å². The Kier molecular flexibility index (Phi) is 9.87. The van der Waals surface area contributed by atoms with Crippen molar-refractivity contribution in [3.63, 3.8) is 0 Å². The number of nitrogens with one attached hydrogen (secondary N) is 1. The number of aliphatic hydroxyl groups excluding tert-OH is 1. The molecular formula is C17H29NO3. The lowest BCUT2D eigenvalue weighted by atomic mass is 10.1. The van der Waals surface area contributed by atoms with Crippen LogP contribution in [0.5, 0.6) is 5.75 Å². The largest absolute Gasteiger partial charge is 0.493 e. The minimum Gasteiger partial charge on any atom is -0.493 e. The molecule has 0 aliphatic heterocycles. The summed E-state index contributed by atoms with van der Waals surface area (Å²) in [4.78, 5) is 0. The molecule has 0 aromatic heterocycles. The first-order valence-corrected chi connectivity index (χ1v) is 7.80. The number of methoxy groups -OCH3 is 1. The van der Waals surface area contributed by atoms with Crippen molar-refractivity contribution >= 4 is 0 Å². The average Bonchev–Trinajstić information content (AvgIpc) is 2.49. The molecule has 0 saturated heterocycles. The fourth-order valence-electron chi connectivity index (χ4n) is 2.13. The van der Waals surface area contributed by atoms with Gasteiger partial charge >= 0.3 is 0 Å². The fourth-order valence-corrected chi connectivity index (χ4v) is 2.13. The summed E-state index contributed by atoms with van der Waals surface area (Å²) in [6.07, 6.45) is 4.09. The molecule has 21 heavy (non-hydrogen) atoms. The zero-order valence-corrected chi connectivity index (χ0v) is 13.4. The first kappa shape index (κ1) is 18.0. The Morgan fingerprint density at radius 1 is 1.10 bits per heavy atom. The lowest BCUT2D eigenvalue weighted by Gasteiger charge is -2.13. The van der Waals surface area contributed by atoms with E-state index in [2.05, 4.69) is 30.4 Å². The van der Waals surface area contributed by atoms with Gasteiger partial charge in [-0.2, -0.15) is 0 Å². The molecule has 0 atom stereocenters. The van der Waals surface area contributed by atoms with E-state index in [1.165, 1.54) is 11.1 Å². The predicted octanol–water partition coefficient (Wildman–Crippen LogP) is 2.66. The van der Waals surface area contributed by atoms with Crippen LogP contribution >= 0.6 is 0 Å². The molecule has 120 valence electrons. The summed E-state index contributed by atoms with van der Waals surface area (Å²) in [6.45, 7) is 5.47. The number of benzene rings is 1. The van der Waals surface area contributed by atoms with Crippen LogP contribution < -0.4 is 10.1 Å². The standard InChI is InChI=1S/C17H29NO3/c1-15-7-8-17(21-11-6-4-3-5-10-19)16(13-15)14-18-9-12-20-2/h7-8,13,18-19H,3-6,9-12,14H2,1-2H3. The molecule has 0 spiro atoms. The molecule has 0 radical (unpaired) electrons. The zero-order valence-electron chi connectivity index (χ0n) is 13.4. The van der Waals surface area contributed by atoms with Crippen LogP contribution in [0.3, 0.4) is 0 Å². The molecular weight excluding hydrogens is 266 g/mol. The van der Waals surface area contributed by atoms with Crippen LogP contribution in [-0.4, -0.2) is 38.6 Å². The SMILES string of the molecule is COCCNCc1cc(C)ccc1OCCCCCCO. The van der Waals surface area contributed by atoms with Crippen LogP contribution in [-0.2, 0) is 11.3 Å². The van der Waals surface area contributed by atoms with Crippen molar-refractivity contribution in [1.29, 1.82) is 0 Å². The fraction of sp³-hybridized carbons (Fsp3) is 0.647. The maximum atomic E-state index is 8.74. The van der Waals surface area contributed by atoms with Crippen LogP contribution in [0.15, 0.2) is 18.2 Å². The van der Waals surface area contributed by atoms with Crippen LogP contribution in [0.25, 0.3) is 0 Å². The molecule has 0 unspecified atom stereocenters. The van der Waals surface area contributed by atoms with Crippen LogP contribution in [0.1, 0.15) is 36.8 Å². The molecule has 4 heteroatoms. The smallest absolute Gasteiger partial charge is 0.123 e. The number of aliphatic hydroxyl groups is 1. The Balaban J connectivity index is 2.37. The Morgan fingerprint density at radius 3 is 2.67 bits per heavy atom. The first-order chi connectivity index (χ1) is 10.3. The number of hydrogen-bond acceptors (Lipinski definition) is 4. The van der Waals surface area contributed by atoms with E-state index in [1.54, 1.807) is 7.11 Å². The van der Waals surface area contributed by atoms with Crippen molar-refractivity contribution < 1.29 is 14.6 Å². The summed E-state index contributed by atoms with van der Waals surface area (Å²) >= 11 is 0. The first-order valence-electron chi connectivity index (χ1n) is 7.80. The highest BCUT2D eigenvalue weighted by molar-refractivity contribution is 5.36. The van der Waals surface area contributed by atoms with Gasteiger partial charge in [-0.05, 0) is 32.3 Å². The summed E-state index contributed by atoms with van der Waals surface area (Å²) in [5.41, 5.74) is 2.44. The van der Waals surface area contributed by atoms with E-state index < -0.39 is 0 Å². The second-order valence-corrected chi connectivity index (χ2v) is 5.27. The summed E-state index contributed by atoms with van der Waals surface area (Å²) < 4.78 is 10.9. The molecule has 2 N–H and O–H groups in total. The van der Waals surface area contributed by atoms with Crippen molar-refractivity contribution in [2.75, 3.05) is 33.5 Å². The van der Waals surface area contributed by atoms with Crippen molar-refractivity contribution in [3.05, 3.63) is 29.3 Å². The van der Waals surface area contributed by atoms with Crippen molar-refractivity contribution in [2.24, 2.45) is 0 Å². The van der Waals surface area contributed by atoms with Gasteiger partial charge in [0, 0.05) is 32.4 Å². The van der Waals surface area contributed by atoms with E-state index in [9.17, 15) is 0 Å². The molecule has 0 fully saturated rings. The van der Waals surface area contributed by atoms with E-state index >= 15 is 0 Å². The van der Waals surface area contributed by atoms with Gasteiger partial charge in [0.1, 0.15) is 5.75 Å². The highest BCUT2D eigenvalue weighted by Crippen LogP contribution is 2.20. The molecule has 0 bridgehead atoms. The molecule has 0 aliphatic carbocycles. The minimum absolute atomic E-state index is 0.288. The summed E-state index contributed by atoms with van der Waals surface area (Å²) in [7, 11) is 1.71. The van der Waals surface area contributed by atoms with Gasteiger partial charge in [-0.25, -0.2) is 0 Å². The topological polar surface area (TPSA) is 50.7 Å². The molecule has 1 aromatic rings. The number of aryl methyl sites for hydroxylation is 1. The second kappa shape index (κ2) is 11.5. The number of ether oxygens (including phenoxy) is 2. The Hall–Kier alpha value is -1.10. The minimum atomic E-state index is 0.288. The van der Waals surface area contributed by atoms with Crippen LogP contribution in [0.4, 0.5) is 0 Å². The molecule has 0 aliphatic rings. The Bertz CT molecular complexity index is 382. The van der Waals surface area contributed by atoms with E-state index in [4.69, 9.17) is 14.6 Å². The molecule has 0 heterocycles. The van der Waals surface area contributed by atoms with E-state index in [1.807, 2.05) is 0 Å². The van der Waals surface area contributed by atoms with E-state index in [-0.39, 0.29) is 6.61 Å². The van der Waals surface area contributed by atoms with Gasteiger partial charge in [-0.3, -0.25) is 0 Å². The summed E-state index contributed by atoms with van der Waals surface area (Å²) in [5.74, 6) is 0.965. The van der Waals surface area contributed by atoms with Crippen molar-refractivity contribution in [3.8, 4) is 5.75 Å². The number of hydrogen-bond donors (Lipinski definition) is 2. The lowest BCUT2D eigenvalue weighted by molar-refractivity contribution is 0.199. The van der Waals surface area contributed by atoms with Crippen molar-refractivity contribution in [1.82, 2.24) is 5.32 Å². The third-order valence-corrected chi connectivity index (χ3v) is 3.32. The van der Waals surface area contributed by atoms with E-state index in [0.29, 0.717) is 6.61 Å². The van der Waals surface area contributed by atoms with Gasteiger partial charge in [-0.15, -0.1) is 0 Å².